The molecule has 1 aromatic heterocycles. The zero-order valence-corrected chi connectivity index (χ0v) is 16.3. The fourth-order valence-corrected chi connectivity index (χ4v) is 5.24. The second-order valence-corrected chi connectivity index (χ2v) is 9.03. The van der Waals surface area contributed by atoms with Crippen LogP contribution in [0.25, 0.3) is 0 Å². The van der Waals surface area contributed by atoms with Crippen LogP contribution in [0.3, 0.4) is 0 Å². The molecule has 0 spiro atoms. The van der Waals surface area contributed by atoms with Gasteiger partial charge in [0.25, 0.3) is 15.8 Å². The van der Waals surface area contributed by atoms with Crippen molar-refractivity contribution in [3.05, 3.63) is 28.2 Å². The highest BCUT2D eigenvalue weighted by atomic mass is 32.2. The minimum absolute atomic E-state index is 0.0991. The molecule has 9 heteroatoms. The van der Waals surface area contributed by atoms with Crippen LogP contribution >= 0.6 is 0 Å². The topological polar surface area (TPSA) is 78.8 Å². The molecular weight excluding hydrogens is 354 g/mol. The van der Waals surface area contributed by atoms with E-state index in [1.54, 1.807) is 14.7 Å². The third kappa shape index (κ3) is 4.70. The Morgan fingerprint density at radius 3 is 2.15 bits per heavy atom. The Morgan fingerprint density at radius 1 is 0.885 bits per heavy atom. The molecule has 2 saturated heterocycles. The maximum atomic E-state index is 12.8. The van der Waals surface area contributed by atoms with Crippen molar-refractivity contribution in [1.29, 1.82) is 0 Å². The molecular formula is C17H29N5O3S. The zero-order chi connectivity index (χ0) is 18.6. The van der Waals surface area contributed by atoms with Crippen LogP contribution in [0.15, 0.2) is 16.9 Å². The van der Waals surface area contributed by atoms with Crippen molar-refractivity contribution in [2.75, 3.05) is 45.8 Å². The average Bonchev–Trinajstić information content (AvgIpc) is 2.93. The lowest BCUT2D eigenvalue weighted by atomic mass is 10.2. The summed E-state index contributed by atoms with van der Waals surface area (Å²) >= 11 is 0. The van der Waals surface area contributed by atoms with Crippen LogP contribution < -0.4 is 5.56 Å². The third-order valence-electron chi connectivity index (χ3n) is 5.18. The maximum absolute atomic E-state index is 12.8. The summed E-state index contributed by atoms with van der Waals surface area (Å²) in [6.45, 7) is 6.77. The summed E-state index contributed by atoms with van der Waals surface area (Å²) in [6, 6.07) is 3.25. The number of piperazine rings is 1. The van der Waals surface area contributed by atoms with Crippen molar-refractivity contribution in [3.63, 3.8) is 0 Å². The van der Waals surface area contributed by atoms with Gasteiger partial charge in [0.2, 0.25) is 0 Å². The lowest BCUT2D eigenvalue weighted by Crippen LogP contribution is -2.53. The van der Waals surface area contributed by atoms with Crippen LogP contribution in [0, 0.1) is 6.92 Å². The molecule has 146 valence electrons. The molecule has 0 amide bonds. The molecule has 2 fully saturated rings. The van der Waals surface area contributed by atoms with Gasteiger partial charge in [-0.3, -0.25) is 9.69 Å². The van der Waals surface area contributed by atoms with Gasteiger partial charge >= 0.3 is 0 Å². The zero-order valence-electron chi connectivity index (χ0n) is 15.5. The highest BCUT2D eigenvalue weighted by Gasteiger charge is 2.32. The third-order valence-corrected chi connectivity index (χ3v) is 7.21. The lowest BCUT2D eigenvalue weighted by molar-refractivity contribution is 0.173. The number of aryl methyl sites for hydroxylation is 1. The smallest absolute Gasteiger partial charge is 0.282 e. The largest absolute Gasteiger partial charge is 0.299 e. The van der Waals surface area contributed by atoms with Gasteiger partial charge in [-0.2, -0.15) is 22.1 Å². The molecule has 0 bridgehead atoms. The molecule has 0 atom stereocenters. The van der Waals surface area contributed by atoms with Crippen LogP contribution in [0.1, 0.15) is 31.4 Å². The van der Waals surface area contributed by atoms with Crippen LogP contribution in [-0.4, -0.2) is 77.5 Å². The summed E-state index contributed by atoms with van der Waals surface area (Å²) in [4.78, 5) is 14.0. The molecule has 0 N–H and O–H groups in total. The number of rotatable bonds is 5. The van der Waals surface area contributed by atoms with Crippen LogP contribution in [0.5, 0.6) is 0 Å². The molecule has 0 saturated carbocycles. The van der Waals surface area contributed by atoms with E-state index < -0.39 is 10.2 Å². The van der Waals surface area contributed by atoms with Crippen molar-refractivity contribution in [1.82, 2.24) is 23.3 Å². The van der Waals surface area contributed by atoms with E-state index in [1.807, 2.05) is 6.92 Å². The summed E-state index contributed by atoms with van der Waals surface area (Å²) in [6.07, 6.45) is 4.15. The summed E-state index contributed by atoms with van der Waals surface area (Å²) in [7, 11) is -3.34. The van der Waals surface area contributed by atoms with E-state index in [-0.39, 0.29) is 5.56 Å². The normalized spacial score (nSPS) is 21.6. The van der Waals surface area contributed by atoms with Gasteiger partial charge in [0.15, 0.2) is 0 Å². The molecule has 1 aromatic rings. The van der Waals surface area contributed by atoms with E-state index >= 15 is 0 Å². The summed E-state index contributed by atoms with van der Waals surface area (Å²) < 4.78 is 30.4. The second-order valence-electron chi connectivity index (χ2n) is 7.10. The van der Waals surface area contributed by atoms with Gasteiger partial charge < -0.3 is 0 Å². The van der Waals surface area contributed by atoms with E-state index in [2.05, 4.69) is 10.00 Å². The molecule has 0 aliphatic carbocycles. The average molecular weight is 384 g/mol. The van der Waals surface area contributed by atoms with Gasteiger partial charge in [0.05, 0.1) is 12.2 Å². The number of aromatic nitrogens is 2. The van der Waals surface area contributed by atoms with Gasteiger partial charge in [0.1, 0.15) is 0 Å². The second kappa shape index (κ2) is 8.60. The Kier molecular flexibility index (Phi) is 6.44. The summed E-state index contributed by atoms with van der Waals surface area (Å²) in [5.74, 6) is 0. The fourth-order valence-electron chi connectivity index (χ4n) is 3.57. The van der Waals surface area contributed by atoms with Crippen molar-refractivity contribution < 1.29 is 8.42 Å². The molecule has 0 aromatic carbocycles. The van der Waals surface area contributed by atoms with E-state index in [0.29, 0.717) is 52.4 Å². The molecule has 0 radical (unpaired) electrons. The molecule has 2 aliphatic rings. The Labute approximate surface area is 155 Å². The Bertz CT molecular complexity index is 748. The van der Waals surface area contributed by atoms with Crippen molar-refractivity contribution in [3.8, 4) is 0 Å². The van der Waals surface area contributed by atoms with E-state index in [0.717, 1.165) is 31.4 Å². The van der Waals surface area contributed by atoms with Crippen LogP contribution in [-0.2, 0) is 16.8 Å². The Balaban J connectivity index is 1.52. The van der Waals surface area contributed by atoms with Crippen molar-refractivity contribution >= 4 is 10.2 Å². The number of hydrogen-bond donors (Lipinski definition) is 0. The standard InChI is InChI=1S/C17H29N5O3S/c1-16-6-7-17(23)22(18-16)15-12-19-10-13-21(14-11-19)26(24,25)20-8-4-2-3-5-9-20/h6-7H,2-5,8-15H2,1H3. The van der Waals surface area contributed by atoms with E-state index in [1.165, 1.54) is 10.7 Å². The van der Waals surface area contributed by atoms with Gasteiger partial charge in [-0.25, -0.2) is 4.68 Å². The molecule has 3 heterocycles. The van der Waals surface area contributed by atoms with Crippen molar-refractivity contribution in [2.24, 2.45) is 0 Å². The Hall–Kier alpha value is -1.29. The minimum atomic E-state index is -3.34. The number of nitrogens with zero attached hydrogens (tertiary/aromatic N) is 5. The first kappa shape index (κ1) is 19.5. The van der Waals surface area contributed by atoms with E-state index in [9.17, 15) is 13.2 Å². The number of hydrogen-bond acceptors (Lipinski definition) is 5. The van der Waals surface area contributed by atoms with Crippen molar-refractivity contribution in [2.45, 2.75) is 39.2 Å². The fraction of sp³-hybridized carbons (Fsp3) is 0.765. The highest BCUT2D eigenvalue weighted by Crippen LogP contribution is 2.17. The minimum Gasteiger partial charge on any atom is -0.299 e. The maximum Gasteiger partial charge on any atom is 0.282 e. The SMILES string of the molecule is Cc1ccc(=O)n(CCN2CCN(S(=O)(=O)N3CCCCCC3)CC2)n1. The molecule has 3 rings (SSSR count). The predicted molar refractivity (Wildman–Crippen MR) is 100 cm³/mol. The van der Waals surface area contributed by atoms with E-state index in [4.69, 9.17) is 0 Å². The first-order chi connectivity index (χ1) is 12.5. The van der Waals surface area contributed by atoms with Gasteiger partial charge in [-0.1, -0.05) is 12.8 Å². The van der Waals surface area contributed by atoms with Crippen LogP contribution in [0.4, 0.5) is 0 Å². The first-order valence-corrected chi connectivity index (χ1v) is 10.9. The Morgan fingerprint density at radius 2 is 1.50 bits per heavy atom. The van der Waals surface area contributed by atoms with Crippen LogP contribution in [0.2, 0.25) is 0 Å². The predicted octanol–water partition coefficient (Wildman–Crippen LogP) is 0.290. The molecule has 8 nitrogen and oxygen atoms in total. The summed E-state index contributed by atoms with van der Waals surface area (Å²) in [5, 5.41) is 4.25. The monoisotopic (exact) mass is 383 g/mol. The molecule has 26 heavy (non-hydrogen) atoms. The lowest BCUT2D eigenvalue weighted by Gasteiger charge is -2.36. The first-order valence-electron chi connectivity index (χ1n) is 9.49. The summed E-state index contributed by atoms with van der Waals surface area (Å²) in [5.41, 5.74) is 0.718. The molecule has 2 aliphatic heterocycles. The quantitative estimate of drug-likeness (QED) is 0.730. The van der Waals surface area contributed by atoms with Gasteiger partial charge in [0, 0.05) is 51.9 Å². The van der Waals surface area contributed by atoms with Gasteiger partial charge in [-0.05, 0) is 25.8 Å². The van der Waals surface area contributed by atoms with Gasteiger partial charge in [-0.15, -0.1) is 0 Å². The highest BCUT2D eigenvalue weighted by molar-refractivity contribution is 7.86. The molecule has 0 unspecified atom stereocenters.